The van der Waals surface area contributed by atoms with E-state index in [9.17, 15) is 18.0 Å². The first-order valence-corrected chi connectivity index (χ1v) is 12.0. The first kappa shape index (κ1) is 23.6. The first-order valence-electron chi connectivity index (χ1n) is 10.2. The van der Waals surface area contributed by atoms with Gasteiger partial charge in [0, 0.05) is 17.6 Å². The summed E-state index contributed by atoms with van der Waals surface area (Å²) in [5, 5.41) is 14.6. The molecule has 33 heavy (non-hydrogen) atoms. The number of hydrogen-bond acceptors (Lipinski definition) is 6. The summed E-state index contributed by atoms with van der Waals surface area (Å²) in [6.07, 6.45) is -1.49. The maximum atomic E-state index is 13.3. The number of anilines is 2. The third-order valence-electron chi connectivity index (χ3n) is 5.14. The number of tetrazole rings is 1. The molecule has 7 nitrogen and oxygen atoms in total. The van der Waals surface area contributed by atoms with Crippen LogP contribution in [0.4, 0.5) is 24.5 Å². The Hall–Kier alpha value is -2.60. The van der Waals surface area contributed by atoms with E-state index in [0.717, 1.165) is 66.4 Å². The number of nitrogens with one attached hydrogen (secondary N) is 1. The molecule has 1 fully saturated rings. The van der Waals surface area contributed by atoms with Crippen molar-refractivity contribution < 1.29 is 18.0 Å². The summed E-state index contributed by atoms with van der Waals surface area (Å²) in [5.74, 6) is -0.505. The molecular weight excluding hydrogens is 521 g/mol. The Bertz CT molecular complexity index is 1120. The highest BCUT2D eigenvalue weighted by atomic mass is 79.9. The van der Waals surface area contributed by atoms with Gasteiger partial charge in [0.1, 0.15) is 0 Å². The number of thioether (sulfide) groups is 1. The Balaban J connectivity index is 1.49. The molecule has 3 aromatic rings. The third kappa shape index (κ3) is 5.85. The number of benzene rings is 2. The molecule has 2 heterocycles. The highest BCUT2D eigenvalue weighted by molar-refractivity contribution is 9.10. The number of rotatable bonds is 6. The monoisotopic (exact) mass is 540 g/mol. The smallest absolute Gasteiger partial charge is 0.370 e. The van der Waals surface area contributed by atoms with Gasteiger partial charge in [-0.15, -0.1) is 5.10 Å². The average molecular weight is 541 g/mol. The number of piperidine rings is 1. The van der Waals surface area contributed by atoms with Crippen LogP contribution in [0, 0.1) is 0 Å². The second-order valence-corrected chi connectivity index (χ2v) is 9.32. The van der Waals surface area contributed by atoms with Gasteiger partial charge in [-0.05, 0) is 72.2 Å². The lowest BCUT2D eigenvalue weighted by Crippen LogP contribution is -2.30. The largest absolute Gasteiger partial charge is 0.416 e. The van der Waals surface area contributed by atoms with Crippen LogP contribution < -0.4 is 10.2 Å². The fourth-order valence-electron chi connectivity index (χ4n) is 3.55. The molecule has 1 aliphatic heterocycles. The average Bonchev–Trinajstić information content (AvgIpc) is 3.27. The molecule has 1 aromatic heterocycles. The van der Waals surface area contributed by atoms with Gasteiger partial charge in [-0.3, -0.25) is 4.79 Å². The van der Waals surface area contributed by atoms with Crippen molar-refractivity contribution in [3.63, 3.8) is 0 Å². The maximum Gasteiger partial charge on any atom is 0.416 e. The third-order valence-corrected chi connectivity index (χ3v) is 6.59. The van der Waals surface area contributed by atoms with E-state index < -0.39 is 17.6 Å². The molecule has 0 saturated carbocycles. The predicted molar refractivity (Wildman–Crippen MR) is 124 cm³/mol. The molecular formula is C21H20BrF3N6OS. The topological polar surface area (TPSA) is 75.9 Å². The van der Waals surface area contributed by atoms with Crippen molar-refractivity contribution >= 4 is 45.0 Å². The fourth-order valence-corrected chi connectivity index (χ4v) is 4.51. The first-order chi connectivity index (χ1) is 15.8. The summed E-state index contributed by atoms with van der Waals surface area (Å²) >= 11 is 4.47. The number of nitrogens with zero attached hydrogens (tertiary/aromatic N) is 5. The summed E-state index contributed by atoms with van der Waals surface area (Å²) in [5.41, 5.74) is 0.673. The van der Waals surface area contributed by atoms with E-state index in [4.69, 9.17) is 0 Å². The minimum Gasteiger partial charge on any atom is -0.370 e. The number of hydrogen-bond donors (Lipinski definition) is 1. The molecule has 12 heteroatoms. The molecule has 0 spiro atoms. The number of alkyl halides is 3. The van der Waals surface area contributed by atoms with Crippen LogP contribution in [-0.2, 0) is 11.0 Å². The molecule has 4 rings (SSSR count). The van der Waals surface area contributed by atoms with Gasteiger partial charge in [0.05, 0.1) is 28.4 Å². The lowest BCUT2D eigenvalue weighted by atomic mass is 10.1. The summed E-state index contributed by atoms with van der Waals surface area (Å²) in [6, 6.07) is 10.8. The van der Waals surface area contributed by atoms with Crippen LogP contribution in [-0.4, -0.2) is 45.0 Å². The van der Waals surface area contributed by atoms with Crippen LogP contribution in [0.1, 0.15) is 24.8 Å². The van der Waals surface area contributed by atoms with Gasteiger partial charge in [0.15, 0.2) is 0 Å². The molecule has 1 saturated heterocycles. The molecule has 0 unspecified atom stereocenters. The predicted octanol–water partition coefficient (Wildman–Crippen LogP) is 5.16. The Morgan fingerprint density at radius 2 is 1.82 bits per heavy atom. The summed E-state index contributed by atoms with van der Waals surface area (Å²) in [6.45, 7) is 1.48. The molecule has 1 aliphatic rings. The van der Waals surface area contributed by atoms with E-state index in [-0.39, 0.29) is 11.4 Å². The fraction of sp³-hybridized carbons (Fsp3) is 0.333. The van der Waals surface area contributed by atoms with Crippen LogP contribution in [0.25, 0.3) is 5.69 Å². The van der Waals surface area contributed by atoms with Crippen LogP contribution >= 0.6 is 27.7 Å². The van der Waals surface area contributed by atoms with Crippen LogP contribution in [0.5, 0.6) is 0 Å². The molecule has 174 valence electrons. The molecule has 2 aromatic carbocycles. The van der Waals surface area contributed by atoms with Crippen LogP contribution in [0.15, 0.2) is 52.1 Å². The standard InChI is InChI=1S/C21H20BrF3N6OS/c22-15-5-7-16(8-6-15)31-20(27-28-29-31)33-13-19(32)26-17-12-14(21(23,24)25)4-9-18(17)30-10-2-1-3-11-30/h4-9,12H,1-3,10-11,13H2,(H,26,32). The highest BCUT2D eigenvalue weighted by Gasteiger charge is 2.32. The molecule has 0 atom stereocenters. The van der Waals surface area contributed by atoms with Crippen molar-refractivity contribution in [1.82, 2.24) is 20.2 Å². The number of aromatic nitrogens is 4. The molecule has 0 bridgehead atoms. The zero-order valence-corrected chi connectivity index (χ0v) is 19.8. The van der Waals surface area contributed by atoms with Crippen molar-refractivity contribution in [2.45, 2.75) is 30.6 Å². The summed E-state index contributed by atoms with van der Waals surface area (Å²) < 4.78 is 42.3. The van der Waals surface area contributed by atoms with Gasteiger partial charge < -0.3 is 10.2 Å². The minimum atomic E-state index is -4.50. The SMILES string of the molecule is O=C(CSc1nnnn1-c1ccc(Br)cc1)Nc1cc(C(F)(F)F)ccc1N1CCCCC1. The molecule has 0 radical (unpaired) electrons. The molecule has 1 N–H and O–H groups in total. The van der Waals surface area contributed by atoms with E-state index in [1.54, 1.807) is 0 Å². The summed E-state index contributed by atoms with van der Waals surface area (Å²) in [4.78, 5) is 14.7. The second kappa shape index (κ2) is 10.1. The second-order valence-electron chi connectivity index (χ2n) is 7.46. The van der Waals surface area contributed by atoms with Gasteiger partial charge in [0.25, 0.3) is 0 Å². The Kier molecular flexibility index (Phi) is 7.23. The van der Waals surface area contributed by atoms with Crippen molar-refractivity contribution in [3.8, 4) is 5.69 Å². The van der Waals surface area contributed by atoms with Gasteiger partial charge >= 0.3 is 6.18 Å². The van der Waals surface area contributed by atoms with Crippen molar-refractivity contribution in [2.24, 2.45) is 0 Å². The van der Waals surface area contributed by atoms with Gasteiger partial charge in [-0.2, -0.15) is 17.9 Å². The van der Waals surface area contributed by atoms with Crippen molar-refractivity contribution in [1.29, 1.82) is 0 Å². The van der Waals surface area contributed by atoms with Gasteiger partial charge in [-0.25, -0.2) is 0 Å². The van der Waals surface area contributed by atoms with Gasteiger partial charge in [-0.1, -0.05) is 27.7 Å². The molecule has 0 aliphatic carbocycles. The van der Waals surface area contributed by atoms with Crippen molar-refractivity contribution in [3.05, 3.63) is 52.5 Å². The maximum absolute atomic E-state index is 13.3. The van der Waals surface area contributed by atoms with Crippen molar-refractivity contribution in [2.75, 3.05) is 29.1 Å². The van der Waals surface area contributed by atoms with E-state index in [0.29, 0.717) is 10.8 Å². The number of carbonyl (C=O) groups excluding carboxylic acids is 1. The number of halogens is 4. The lowest BCUT2D eigenvalue weighted by Gasteiger charge is -2.31. The van der Waals surface area contributed by atoms with Gasteiger partial charge in [0.2, 0.25) is 11.1 Å². The quantitative estimate of drug-likeness (QED) is 0.435. The van der Waals surface area contributed by atoms with E-state index in [1.807, 2.05) is 29.2 Å². The highest BCUT2D eigenvalue weighted by Crippen LogP contribution is 2.36. The van der Waals surface area contributed by atoms with E-state index >= 15 is 0 Å². The van der Waals surface area contributed by atoms with E-state index in [2.05, 4.69) is 36.8 Å². The Labute approximate surface area is 200 Å². The minimum absolute atomic E-state index is 0.0629. The lowest BCUT2D eigenvalue weighted by molar-refractivity contribution is -0.137. The number of amides is 1. The Morgan fingerprint density at radius 1 is 1.09 bits per heavy atom. The number of carbonyl (C=O) groups is 1. The molecule has 1 amide bonds. The zero-order chi connectivity index (χ0) is 23.4. The van der Waals surface area contributed by atoms with Crippen LogP contribution in [0.2, 0.25) is 0 Å². The van der Waals surface area contributed by atoms with E-state index in [1.165, 1.54) is 10.7 Å². The summed E-state index contributed by atoms with van der Waals surface area (Å²) in [7, 11) is 0. The van der Waals surface area contributed by atoms with Crippen LogP contribution in [0.3, 0.4) is 0 Å². The normalized spacial score (nSPS) is 14.4. The Morgan fingerprint density at radius 3 is 2.52 bits per heavy atom. The zero-order valence-electron chi connectivity index (χ0n) is 17.3.